The molecule has 1 N–H and O–H groups in total. The molecule has 4 nitrogen and oxygen atoms in total. The van der Waals surface area contributed by atoms with Crippen LogP contribution in [0, 0.1) is 11.8 Å². The minimum absolute atomic E-state index is 0.0407. The van der Waals surface area contributed by atoms with Crippen LogP contribution >= 0.6 is 11.6 Å². The molecule has 2 aliphatic rings. The van der Waals surface area contributed by atoms with Gasteiger partial charge in [-0.2, -0.15) is 0 Å². The van der Waals surface area contributed by atoms with Gasteiger partial charge in [-0.25, -0.2) is 0 Å². The summed E-state index contributed by atoms with van der Waals surface area (Å²) in [5.74, 6) is -0.0000237. The van der Waals surface area contributed by atoms with Crippen LogP contribution in [0.4, 0.5) is 5.69 Å². The summed E-state index contributed by atoms with van der Waals surface area (Å²) in [7, 11) is 1.43. The summed E-state index contributed by atoms with van der Waals surface area (Å²) in [6, 6.07) is 16.2. The zero-order valence-corrected chi connectivity index (χ0v) is 14.6. The Morgan fingerprint density at radius 3 is 2.72 bits per heavy atom. The van der Waals surface area contributed by atoms with E-state index in [0.29, 0.717) is 11.4 Å². The molecule has 0 aromatic heterocycles. The van der Waals surface area contributed by atoms with Crippen LogP contribution in [0.2, 0.25) is 5.02 Å². The Morgan fingerprint density at radius 2 is 1.96 bits per heavy atom. The first-order valence-corrected chi connectivity index (χ1v) is 8.76. The number of benzene rings is 2. The summed E-state index contributed by atoms with van der Waals surface area (Å²) < 4.78 is 4.88. The van der Waals surface area contributed by atoms with Crippen LogP contribution in [0.3, 0.4) is 0 Å². The van der Waals surface area contributed by atoms with Crippen LogP contribution in [-0.4, -0.2) is 19.3 Å². The quantitative estimate of drug-likeness (QED) is 0.830. The van der Waals surface area contributed by atoms with Crippen LogP contribution in [0.25, 0.3) is 0 Å². The van der Waals surface area contributed by atoms with E-state index in [0.717, 1.165) is 11.3 Å². The minimum Gasteiger partial charge on any atom is -0.469 e. The van der Waals surface area contributed by atoms with Crippen LogP contribution in [0.1, 0.15) is 29.6 Å². The highest BCUT2D eigenvalue weighted by Crippen LogP contribution is 2.51. The first kappa shape index (κ1) is 16.2. The van der Waals surface area contributed by atoms with E-state index in [1.54, 1.807) is 0 Å². The first-order chi connectivity index (χ1) is 12.2. The fourth-order valence-electron chi connectivity index (χ4n) is 3.94. The lowest BCUT2D eigenvalue weighted by Crippen LogP contribution is -2.34. The van der Waals surface area contributed by atoms with E-state index < -0.39 is 0 Å². The van der Waals surface area contributed by atoms with Crippen molar-refractivity contribution in [2.75, 3.05) is 12.4 Å². The molecule has 0 bridgehead atoms. The highest BCUT2D eigenvalue weighted by atomic mass is 35.5. The first-order valence-electron chi connectivity index (χ1n) is 8.38. The molecular weight excluding hydrogens is 336 g/mol. The van der Waals surface area contributed by atoms with Gasteiger partial charge in [0.2, 0.25) is 0 Å². The van der Waals surface area contributed by atoms with Crippen molar-refractivity contribution in [3.05, 3.63) is 64.7 Å². The molecule has 0 saturated carbocycles. The number of ether oxygens (including phenoxy) is 1. The molecule has 0 saturated heterocycles. The van der Waals surface area contributed by atoms with Crippen molar-refractivity contribution in [2.45, 2.75) is 18.5 Å². The summed E-state index contributed by atoms with van der Waals surface area (Å²) in [6.07, 6.45) is 2.27. The smallest absolute Gasteiger partial charge is 0.306 e. The van der Waals surface area contributed by atoms with Gasteiger partial charge in [0.15, 0.2) is 0 Å². The second kappa shape index (κ2) is 6.52. The lowest BCUT2D eigenvalue weighted by molar-refractivity contribution is -0.141. The number of esters is 1. The number of carbonyl (C=O) groups excluding carboxylic acids is 1. The maximum Gasteiger partial charge on any atom is 0.306 e. The predicted molar refractivity (Wildman–Crippen MR) is 99.1 cm³/mol. The van der Waals surface area contributed by atoms with Crippen LogP contribution in [0.5, 0.6) is 0 Å². The highest BCUT2D eigenvalue weighted by molar-refractivity contribution is 6.30. The number of anilines is 1. The number of nitrogens with zero attached hydrogens (tertiary/aromatic N) is 1. The molecule has 0 unspecified atom stereocenters. The van der Waals surface area contributed by atoms with Crippen molar-refractivity contribution in [1.82, 2.24) is 0 Å². The largest absolute Gasteiger partial charge is 0.469 e. The average molecular weight is 355 g/mol. The molecule has 0 spiro atoms. The van der Waals surface area contributed by atoms with Gasteiger partial charge in [0, 0.05) is 34.3 Å². The lowest BCUT2D eigenvalue weighted by atomic mass is 9.74. The third-order valence-corrected chi connectivity index (χ3v) is 5.38. The Labute approximate surface area is 151 Å². The molecule has 0 fully saturated rings. The van der Waals surface area contributed by atoms with Gasteiger partial charge < -0.3 is 10.1 Å². The van der Waals surface area contributed by atoms with Crippen LogP contribution in [0.15, 0.2) is 53.5 Å². The van der Waals surface area contributed by atoms with E-state index in [-0.39, 0.29) is 29.9 Å². The van der Waals surface area contributed by atoms with Gasteiger partial charge >= 0.3 is 5.97 Å². The van der Waals surface area contributed by atoms with Gasteiger partial charge in [-0.3, -0.25) is 9.79 Å². The van der Waals surface area contributed by atoms with Crippen LogP contribution in [-0.2, 0) is 9.53 Å². The van der Waals surface area contributed by atoms with Crippen molar-refractivity contribution < 1.29 is 9.53 Å². The molecule has 5 heteroatoms. The highest BCUT2D eigenvalue weighted by Gasteiger charge is 2.45. The third kappa shape index (κ3) is 2.91. The molecule has 2 aromatic rings. The van der Waals surface area contributed by atoms with Gasteiger partial charge in [0.1, 0.15) is 0 Å². The second-order valence-corrected chi connectivity index (χ2v) is 6.96. The number of hydrogen-bond acceptors (Lipinski definition) is 4. The number of para-hydroxylation sites is 1. The fraction of sp³-hybridized carbons (Fsp3) is 0.300. The number of nitrogens with one attached hydrogen (secondary N) is 1. The van der Waals surface area contributed by atoms with Gasteiger partial charge in [0.05, 0.1) is 25.6 Å². The second-order valence-electron chi connectivity index (χ2n) is 6.53. The SMILES string of the molecule is COC(=O)C[C@@H]1C=N[C@H]2c3ccccc3N[C@@H](c3ccc(Cl)cc3)[C@@H]12. The molecule has 128 valence electrons. The number of methoxy groups -OCH3 is 1. The summed E-state index contributed by atoms with van der Waals surface area (Å²) in [6.45, 7) is 0. The average Bonchev–Trinajstić information content (AvgIpc) is 3.05. The molecule has 0 aliphatic carbocycles. The van der Waals surface area contributed by atoms with E-state index in [1.807, 2.05) is 42.6 Å². The minimum atomic E-state index is -0.203. The zero-order chi connectivity index (χ0) is 17.4. The van der Waals surface area contributed by atoms with Gasteiger partial charge in [-0.1, -0.05) is 41.9 Å². The van der Waals surface area contributed by atoms with Crippen molar-refractivity contribution in [3.63, 3.8) is 0 Å². The number of aliphatic imine (C=N–C) groups is 1. The Kier molecular flexibility index (Phi) is 4.22. The molecule has 0 amide bonds. The van der Waals surface area contributed by atoms with Crippen molar-refractivity contribution in [3.8, 4) is 0 Å². The molecule has 2 aromatic carbocycles. The number of halogens is 1. The maximum atomic E-state index is 11.9. The Morgan fingerprint density at radius 1 is 1.20 bits per heavy atom. The summed E-state index contributed by atoms with van der Waals surface area (Å²) in [5.41, 5.74) is 3.43. The van der Waals surface area contributed by atoms with E-state index in [4.69, 9.17) is 21.3 Å². The number of fused-ring (bicyclic) bond motifs is 3. The van der Waals surface area contributed by atoms with E-state index in [1.165, 1.54) is 12.7 Å². The van der Waals surface area contributed by atoms with E-state index in [2.05, 4.69) is 17.4 Å². The van der Waals surface area contributed by atoms with Crippen LogP contribution < -0.4 is 5.32 Å². The van der Waals surface area contributed by atoms with Crippen molar-refractivity contribution in [2.24, 2.45) is 16.8 Å². The van der Waals surface area contributed by atoms with E-state index in [9.17, 15) is 4.79 Å². The molecule has 4 rings (SSSR count). The maximum absolute atomic E-state index is 11.9. The van der Waals surface area contributed by atoms with Gasteiger partial charge in [-0.05, 0) is 23.8 Å². The molecule has 25 heavy (non-hydrogen) atoms. The zero-order valence-electron chi connectivity index (χ0n) is 13.9. The molecule has 0 radical (unpaired) electrons. The van der Waals surface area contributed by atoms with Gasteiger partial charge in [-0.15, -0.1) is 0 Å². The number of hydrogen-bond donors (Lipinski definition) is 1. The molecule has 2 heterocycles. The Balaban J connectivity index is 1.74. The summed E-state index contributed by atoms with van der Waals surface area (Å²) in [4.78, 5) is 16.6. The normalized spacial score (nSPS) is 26.5. The van der Waals surface area contributed by atoms with Gasteiger partial charge in [0.25, 0.3) is 0 Å². The number of carbonyl (C=O) groups is 1. The lowest BCUT2D eigenvalue weighted by Gasteiger charge is -2.39. The fourth-order valence-corrected chi connectivity index (χ4v) is 4.07. The topological polar surface area (TPSA) is 50.7 Å². The Bertz CT molecular complexity index is 819. The third-order valence-electron chi connectivity index (χ3n) is 5.13. The monoisotopic (exact) mass is 354 g/mol. The van der Waals surface area contributed by atoms with Crippen molar-refractivity contribution >= 4 is 29.5 Å². The molecular formula is C20H19ClN2O2. The standard InChI is InChI=1S/C20H19ClN2O2/c1-25-17(24)10-13-11-22-20-15-4-2-3-5-16(15)23-19(18(13)20)12-6-8-14(21)9-7-12/h2-9,11,13,18-20,23H,10H2,1H3/t13-,18-,19+,20+/m1/s1. The van der Waals surface area contributed by atoms with E-state index >= 15 is 0 Å². The summed E-state index contributed by atoms with van der Waals surface area (Å²) >= 11 is 6.05. The predicted octanol–water partition coefficient (Wildman–Crippen LogP) is 4.43. The van der Waals surface area contributed by atoms with Crippen molar-refractivity contribution in [1.29, 1.82) is 0 Å². The Hall–Kier alpha value is -2.33. The molecule has 2 aliphatic heterocycles. The number of rotatable bonds is 3. The summed E-state index contributed by atoms with van der Waals surface area (Å²) in [5, 5.41) is 4.36. The molecule has 4 atom stereocenters.